The highest BCUT2D eigenvalue weighted by atomic mass is 35.5. The van der Waals surface area contributed by atoms with E-state index in [0.29, 0.717) is 5.75 Å². The molecule has 1 aromatic rings. The van der Waals surface area contributed by atoms with Crippen molar-refractivity contribution in [3.63, 3.8) is 0 Å². The molecule has 1 N–H and O–H groups in total. The maximum absolute atomic E-state index is 6.35. The summed E-state index contributed by atoms with van der Waals surface area (Å²) < 4.78 is 10.6. The van der Waals surface area contributed by atoms with Crippen molar-refractivity contribution in [3.8, 4) is 11.5 Å². The summed E-state index contributed by atoms with van der Waals surface area (Å²) in [7, 11) is 3.28. The van der Waals surface area contributed by atoms with Crippen molar-refractivity contribution < 1.29 is 9.47 Å². The van der Waals surface area contributed by atoms with Crippen molar-refractivity contribution in [2.45, 2.75) is 45.6 Å². The number of benzene rings is 1. The van der Waals surface area contributed by atoms with Gasteiger partial charge in [-0.3, -0.25) is 0 Å². The smallest absolute Gasteiger partial charge is 0.162 e. The molecule has 3 nitrogen and oxygen atoms in total. The van der Waals surface area contributed by atoms with Gasteiger partial charge in [0, 0.05) is 23.7 Å². The van der Waals surface area contributed by atoms with Crippen LogP contribution in [0.1, 0.15) is 38.7 Å². The Bertz CT molecular complexity index is 484. The van der Waals surface area contributed by atoms with Crippen LogP contribution in [0.5, 0.6) is 11.5 Å². The van der Waals surface area contributed by atoms with Gasteiger partial charge in [0.15, 0.2) is 11.5 Å². The second-order valence-corrected chi connectivity index (χ2v) is 7.03. The highest BCUT2D eigenvalue weighted by Crippen LogP contribution is 2.35. The van der Waals surface area contributed by atoms with Gasteiger partial charge in [-0.15, -0.1) is 0 Å². The van der Waals surface area contributed by atoms with E-state index < -0.39 is 0 Å². The molecule has 0 heterocycles. The third kappa shape index (κ3) is 4.79. The van der Waals surface area contributed by atoms with E-state index in [1.807, 2.05) is 12.1 Å². The number of hydrogen-bond acceptors (Lipinski definition) is 3. The van der Waals surface area contributed by atoms with Gasteiger partial charge < -0.3 is 14.8 Å². The van der Waals surface area contributed by atoms with Gasteiger partial charge >= 0.3 is 0 Å². The summed E-state index contributed by atoms with van der Waals surface area (Å²) in [6.45, 7) is 5.66. The summed E-state index contributed by atoms with van der Waals surface area (Å²) in [4.78, 5) is 0. The van der Waals surface area contributed by atoms with Gasteiger partial charge in [-0.25, -0.2) is 0 Å². The summed E-state index contributed by atoms with van der Waals surface area (Å²) in [5, 5.41) is 4.36. The maximum atomic E-state index is 6.35. The van der Waals surface area contributed by atoms with E-state index in [2.05, 4.69) is 19.2 Å². The molecule has 0 spiro atoms. The molecule has 1 aliphatic rings. The molecule has 118 valence electrons. The number of rotatable bonds is 8. The molecular weight excluding hydrogens is 286 g/mol. The number of hydrogen-bond donors (Lipinski definition) is 1. The largest absolute Gasteiger partial charge is 0.493 e. The van der Waals surface area contributed by atoms with Crippen LogP contribution in [0.2, 0.25) is 5.02 Å². The van der Waals surface area contributed by atoms with Gasteiger partial charge in [-0.2, -0.15) is 0 Å². The SMILES string of the molecule is COc1cc(Cl)c(CCC(C)(C)CNC2CC2)cc1OC. The van der Waals surface area contributed by atoms with Crippen LogP contribution in [-0.2, 0) is 6.42 Å². The highest BCUT2D eigenvalue weighted by Gasteiger charge is 2.25. The topological polar surface area (TPSA) is 30.5 Å². The first-order valence-electron chi connectivity index (χ1n) is 7.59. The Morgan fingerprint density at radius 2 is 1.81 bits per heavy atom. The summed E-state index contributed by atoms with van der Waals surface area (Å²) in [5.41, 5.74) is 1.38. The normalized spacial score (nSPS) is 15.1. The molecule has 0 radical (unpaired) electrons. The summed E-state index contributed by atoms with van der Waals surface area (Å²) >= 11 is 6.35. The first kappa shape index (κ1) is 16.4. The average Bonchev–Trinajstić information content (AvgIpc) is 3.28. The van der Waals surface area contributed by atoms with Crippen LogP contribution < -0.4 is 14.8 Å². The Morgan fingerprint density at radius 3 is 2.38 bits per heavy atom. The Balaban J connectivity index is 1.97. The van der Waals surface area contributed by atoms with E-state index >= 15 is 0 Å². The fraction of sp³-hybridized carbons (Fsp3) is 0.647. The molecule has 1 aromatic carbocycles. The summed E-state index contributed by atoms with van der Waals surface area (Å²) in [6.07, 6.45) is 4.69. The van der Waals surface area contributed by atoms with E-state index in [-0.39, 0.29) is 5.41 Å². The van der Waals surface area contributed by atoms with Crippen LogP contribution in [-0.4, -0.2) is 26.8 Å². The maximum Gasteiger partial charge on any atom is 0.162 e. The third-order valence-electron chi connectivity index (χ3n) is 4.07. The molecule has 0 aromatic heterocycles. The number of nitrogens with one attached hydrogen (secondary N) is 1. The molecule has 1 fully saturated rings. The Morgan fingerprint density at radius 1 is 1.19 bits per heavy atom. The first-order chi connectivity index (χ1) is 9.95. The van der Waals surface area contributed by atoms with Crippen LogP contribution in [0.15, 0.2) is 12.1 Å². The average molecular weight is 312 g/mol. The van der Waals surface area contributed by atoms with Crippen LogP contribution in [0.25, 0.3) is 0 Å². The minimum Gasteiger partial charge on any atom is -0.493 e. The van der Waals surface area contributed by atoms with Crippen LogP contribution in [0, 0.1) is 5.41 Å². The highest BCUT2D eigenvalue weighted by molar-refractivity contribution is 6.31. The molecular formula is C17H26ClNO2. The fourth-order valence-corrected chi connectivity index (χ4v) is 2.61. The van der Waals surface area contributed by atoms with E-state index in [4.69, 9.17) is 21.1 Å². The number of halogens is 1. The molecule has 0 unspecified atom stereocenters. The Labute approximate surface area is 133 Å². The lowest BCUT2D eigenvalue weighted by atomic mass is 9.86. The number of ether oxygens (including phenoxy) is 2. The standard InChI is InChI=1S/C17H26ClNO2/c1-17(2,11-19-13-5-6-13)8-7-12-9-15(20-3)16(21-4)10-14(12)18/h9-10,13,19H,5-8,11H2,1-4H3. The lowest BCUT2D eigenvalue weighted by molar-refractivity contribution is 0.313. The van der Waals surface area contributed by atoms with Crippen molar-refractivity contribution in [3.05, 3.63) is 22.7 Å². The minimum atomic E-state index is 0.263. The second-order valence-electron chi connectivity index (χ2n) is 6.62. The van der Waals surface area contributed by atoms with Crippen molar-refractivity contribution in [1.29, 1.82) is 0 Å². The van der Waals surface area contributed by atoms with E-state index in [1.165, 1.54) is 12.8 Å². The Kier molecular flexibility index (Phi) is 5.39. The van der Waals surface area contributed by atoms with Crippen LogP contribution in [0.3, 0.4) is 0 Å². The first-order valence-corrected chi connectivity index (χ1v) is 7.97. The molecule has 0 amide bonds. The quantitative estimate of drug-likeness (QED) is 0.785. The molecule has 1 saturated carbocycles. The van der Waals surface area contributed by atoms with Crippen LogP contribution >= 0.6 is 11.6 Å². The van der Waals surface area contributed by atoms with Gasteiger partial charge in [-0.1, -0.05) is 25.4 Å². The second kappa shape index (κ2) is 6.89. The lowest BCUT2D eigenvalue weighted by Gasteiger charge is -2.25. The third-order valence-corrected chi connectivity index (χ3v) is 4.42. The fourth-order valence-electron chi connectivity index (χ4n) is 2.36. The van der Waals surface area contributed by atoms with Crippen molar-refractivity contribution in [2.75, 3.05) is 20.8 Å². The zero-order valence-electron chi connectivity index (χ0n) is 13.5. The Hall–Kier alpha value is -0.930. The van der Waals surface area contributed by atoms with Gasteiger partial charge in [0.25, 0.3) is 0 Å². The van der Waals surface area contributed by atoms with E-state index in [0.717, 1.165) is 41.8 Å². The molecule has 4 heteroatoms. The minimum absolute atomic E-state index is 0.263. The lowest BCUT2D eigenvalue weighted by Crippen LogP contribution is -2.31. The van der Waals surface area contributed by atoms with Crippen molar-refractivity contribution in [1.82, 2.24) is 5.32 Å². The number of methoxy groups -OCH3 is 2. The van der Waals surface area contributed by atoms with Gasteiger partial charge in [0.2, 0.25) is 0 Å². The zero-order valence-corrected chi connectivity index (χ0v) is 14.2. The molecule has 1 aliphatic carbocycles. The summed E-state index contributed by atoms with van der Waals surface area (Å²) in [5.74, 6) is 1.42. The monoisotopic (exact) mass is 311 g/mol. The molecule has 0 aliphatic heterocycles. The van der Waals surface area contributed by atoms with Crippen molar-refractivity contribution >= 4 is 11.6 Å². The molecule has 21 heavy (non-hydrogen) atoms. The van der Waals surface area contributed by atoms with E-state index in [9.17, 15) is 0 Å². The van der Waals surface area contributed by atoms with Crippen LogP contribution in [0.4, 0.5) is 0 Å². The van der Waals surface area contributed by atoms with Gasteiger partial charge in [0.05, 0.1) is 14.2 Å². The van der Waals surface area contributed by atoms with Gasteiger partial charge in [-0.05, 0) is 42.7 Å². The van der Waals surface area contributed by atoms with E-state index in [1.54, 1.807) is 14.2 Å². The van der Waals surface area contributed by atoms with Crippen molar-refractivity contribution in [2.24, 2.45) is 5.41 Å². The molecule has 0 atom stereocenters. The zero-order chi connectivity index (χ0) is 15.5. The van der Waals surface area contributed by atoms with Gasteiger partial charge in [0.1, 0.15) is 0 Å². The molecule has 0 saturated heterocycles. The predicted molar refractivity (Wildman–Crippen MR) is 87.7 cm³/mol. The number of aryl methyl sites for hydroxylation is 1. The summed E-state index contributed by atoms with van der Waals surface area (Å²) in [6, 6.07) is 4.59. The molecule has 0 bridgehead atoms. The molecule has 2 rings (SSSR count). The predicted octanol–water partition coefficient (Wildman–Crippen LogP) is 4.07.